The van der Waals surface area contributed by atoms with Crippen molar-refractivity contribution in [2.45, 2.75) is 13.8 Å². The van der Waals surface area contributed by atoms with Gasteiger partial charge in [0, 0.05) is 0 Å². The van der Waals surface area contributed by atoms with Gasteiger partial charge in [-0.2, -0.15) is 0 Å². The number of allylic oxidation sites excluding steroid dienone is 2. The van der Waals surface area contributed by atoms with Crippen molar-refractivity contribution in [1.82, 2.24) is 0 Å². The van der Waals surface area contributed by atoms with Crippen LogP contribution in [0.2, 0.25) is 0 Å². The summed E-state index contributed by atoms with van der Waals surface area (Å²) in [6.45, 7) is 12.1. The molecule has 0 N–H and O–H groups in total. The average molecular weight is 208 g/mol. The lowest BCUT2D eigenvalue weighted by molar-refractivity contribution is 1.53. The molecule has 0 atom stereocenters. The number of hydrogen-bond donors (Lipinski definition) is 0. The van der Waals surface area contributed by atoms with Crippen LogP contribution in [0.5, 0.6) is 0 Å². The maximum Gasteiger partial charge on any atom is -0.0152 e. The van der Waals surface area contributed by atoms with Gasteiger partial charge in [0.15, 0.2) is 0 Å². The fourth-order valence-electron chi connectivity index (χ4n) is 1.95. The molecule has 0 fully saturated rings. The second-order valence-electron chi connectivity index (χ2n) is 4.31. The number of rotatable bonds is 2. The minimum Gasteiger partial charge on any atom is -0.0955 e. The third kappa shape index (κ3) is 1.79. The predicted molar refractivity (Wildman–Crippen MR) is 73.4 cm³/mol. The van der Waals surface area contributed by atoms with E-state index in [4.69, 9.17) is 0 Å². The summed E-state index contributed by atoms with van der Waals surface area (Å²) in [6, 6.07) is 12.8. The van der Waals surface area contributed by atoms with E-state index in [9.17, 15) is 0 Å². The molecule has 0 heterocycles. The smallest absolute Gasteiger partial charge is 0.0152 e. The van der Waals surface area contributed by atoms with Crippen molar-refractivity contribution < 1.29 is 0 Å². The molecule has 0 aliphatic rings. The van der Waals surface area contributed by atoms with Crippen LogP contribution in [0.4, 0.5) is 0 Å². The average Bonchev–Trinajstić information content (AvgIpc) is 2.27. The van der Waals surface area contributed by atoms with Crippen molar-refractivity contribution in [2.24, 2.45) is 0 Å². The van der Waals surface area contributed by atoms with E-state index in [-0.39, 0.29) is 0 Å². The van der Waals surface area contributed by atoms with Crippen molar-refractivity contribution in [3.05, 3.63) is 60.7 Å². The van der Waals surface area contributed by atoms with Gasteiger partial charge in [-0.05, 0) is 47.9 Å². The van der Waals surface area contributed by atoms with Gasteiger partial charge in [-0.1, -0.05) is 48.6 Å². The van der Waals surface area contributed by atoms with Gasteiger partial charge in [0.05, 0.1) is 0 Å². The fourth-order valence-corrected chi connectivity index (χ4v) is 1.95. The van der Waals surface area contributed by atoms with Crippen LogP contribution >= 0.6 is 0 Å². The van der Waals surface area contributed by atoms with E-state index in [1.165, 1.54) is 21.9 Å². The topological polar surface area (TPSA) is 0 Å². The van der Waals surface area contributed by atoms with Crippen molar-refractivity contribution in [3.63, 3.8) is 0 Å². The maximum atomic E-state index is 4.03. The van der Waals surface area contributed by atoms with Crippen LogP contribution < -0.4 is 0 Å². The van der Waals surface area contributed by atoms with Gasteiger partial charge in [-0.3, -0.25) is 0 Å². The Morgan fingerprint density at radius 1 is 0.812 bits per heavy atom. The van der Waals surface area contributed by atoms with E-state index < -0.39 is 0 Å². The summed E-state index contributed by atoms with van der Waals surface area (Å²) in [7, 11) is 0. The van der Waals surface area contributed by atoms with Gasteiger partial charge in [-0.15, -0.1) is 0 Å². The molecule has 16 heavy (non-hydrogen) atoms. The van der Waals surface area contributed by atoms with Crippen LogP contribution in [0.3, 0.4) is 0 Å². The second-order valence-corrected chi connectivity index (χ2v) is 4.31. The third-order valence-corrected chi connectivity index (χ3v) is 2.81. The summed E-state index contributed by atoms with van der Waals surface area (Å²) < 4.78 is 0. The molecule has 0 aliphatic heterocycles. The number of hydrogen-bond acceptors (Lipinski definition) is 0. The Morgan fingerprint density at radius 3 is 1.50 bits per heavy atom. The minimum absolute atomic E-state index is 1.09. The van der Waals surface area contributed by atoms with Crippen molar-refractivity contribution in [3.8, 4) is 0 Å². The standard InChI is InChI=1S/C16H16/c1-11(2)15-9-13-7-5-6-8-14(13)10-16(15)12(3)4/h5-10H,1,3H2,2,4H3. The van der Waals surface area contributed by atoms with Gasteiger partial charge in [0.25, 0.3) is 0 Å². The summed E-state index contributed by atoms with van der Waals surface area (Å²) in [5, 5.41) is 2.51. The lowest BCUT2D eigenvalue weighted by atomic mass is 9.94. The molecule has 2 aromatic rings. The van der Waals surface area contributed by atoms with Gasteiger partial charge in [0.2, 0.25) is 0 Å². The molecule has 0 aromatic heterocycles. The lowest BCUT2D eigenvalue weighted by Gasteiger charge is -2.11. The molecule has 0 bridgehead atoms. The highest BCUT2D eigenvalue weighted by atomic mass is 14.1. The van der Waals surface area contributed by atoms with E-state index in [2.05, 4.69) is 49.6 Å². The van der Waals surface area contributed by atoms with Crippen LogP contribution in [0.15, 0.2) is 49.6 Å². The molecule has 2 aromatic carbocycles. The number of fused-ring (bicyclic) bond motifs is 1. The first-order valence-electron chi connectivity index (χ1n) is 5.44. The molecule has 0 radical (unpaired) electrons. The minimum atomic E-state index is 1.09. The summed E-state index contributed by atoms with van der Waals surface area (Å²) in [6.07, 6.45) is 0. The first-order chi connectivity index (χ1) is 7.59. The zero-order valence-corrected chi connectivity index (χ0v) is 9.88. The normalized spacial score (nSPS) is 10.4. The summed E-state index contributed by atoms with van der Waals surface area (Å²) >= 11 is 0. The Balaban J connectivity index is 2.81. The summed E-state index contributed by atoms with van der Waals surface area (Å²) in [4.78, 5) is 0. The van der Waals surface area contributed by atoms with Crippen LogP contribution in [0, 0.1) is 0 Å². The van der Waals surface area contributed by atoms with Crippen LogP contribution in [-0.2, 0) is 0 Å². The van der Waals surface area contributed by atoms with Gasteiger partial charge in [-0.25, -0.2) is 0 Å². The Hall–Kier alpha value is -1.82. The molecule has 0 saturated carbocycles. The molecule has 80 valence electrons. The SMILES string of the molecule is C=C(C)c1cc2ccccc2cc1C(=C)C. The van der Waals surface area contributed by atoms with Gasteiger partial charge in [0.1, 0.15) is 0 Å². The molecule has 2 rings (SSSR count). The lowest BCUT2D eigenvalue weighted by Crippen LogP contribution is -1.89. The van der Waals surface area contributed by atoms with Crippen LogP contribution in [0.1, 0.15) is 25.0 Å². The molecule has 0 unspecified atom stereocenters. The highest BCUT2D eigenvalue weighted by molar-refractivity contribution is 5.91. The predicted octanol–water partition coefficient (Wildman–Crippen LogP) is 4.91. The zero-order chi connectivity index (χ0) is 11.7. The van der Waals surface area contributed by atoms with E-state index in [0.29, 0.717) is 0 Å². The first kappa shape index (κ1) is 10.7. The number of benzene rings is 2. The summed E-state index contributed by atoms with van der Waals surface area (Å²) in [5.74, 6) is 0. The van der Waals surface area contributed by atoms with Crippen LogP contribution in [0.25, 0.3) is 21.9 Å². The Kier molecular flexibility index (Phi) is 2.66. The van der Waals surface area contributed by atoms with Gasteiger partial charge < -0.3 is 0 Å². The Labute approximate surface area is 96.9 Å². The molecule has 0 spiro atoms. The highest BCUT2D eigenvalue weighted by Crippen LogP contribution is 2.28. The van der Waals surface area contributed by atoms with E-state index in [1.807, 2.05) is 13.8 Å². The van der Waals surface area contributed by atoms with Crippen molar-refractivity contribution in [2.75, 3.05) is 0 Å². The largest absolute Gasteiger partial charge is 0.0955 e. The van der Waals surface area contributed by atoms with Crippen molar-refractivity contribution >= 4 is 21.9 Å². The molecular formula is C16H16. The second kappa shape index (κ2) is 3.97. The molecular weight excluding hydrogens is 192 g/mol. The third-order valence-electron chi connectivity index (χ3n) is 2.81. The van der Waals surface area contributed by atoms with E-state index in [0.717, 1.165) is 11.1 Å². The van der Waals surface area contributed by atoms with E-state index in [1.54, 1.807) is 0 Å². The fraction of sp³-hybridized carbons (Fsp3) is 0.125. The zero-order valence-electron chi connectivity index (χ0n) is 9.88. The highest BCUT2D eigenvalue weighted by Gasteiger charge is 2.05. The maximum absolute atomic E-state index is 4.03. The molecule has 0 heteroatoms. The molecule has 0 aliphatic carbocycles. The van der Waals surface area contributed by atoms with E-state index >= 15 is 0 Å². The van der Waals surface area contributed by atoms with Crippen LogP contribution in [-0.4, -0.2) is 0 Å². The van der Waals surface area contributed by atoms with Gasteiger partial charge >= 0.3 is 0 Å². The molecule has 0 nitrogen and oxygen atoms in total. The Morgan fingerprint density at radius 2 is 1.19 bits per heavy atom. The summed E-state index contributed by atoms with van der Waals surface area (Å²) in [5.41, 5.74) is 4.57. The van der Waals surface area contributed by atoms with Crippen molar-refractivity contribution in [1.29, 1.82) is 0 Å². The first-order valence-corrected chi connectivity index (χ1v) is 5.44. The molecule has 0 saturated heterocycles. The Bertz CT molecular complexity index is 521. The molecule has 0 amide bonds. The quantitative estimate of drug-likeness (QED) is 0.658. The monoisotopic (exact) mass is 208 g/mol.